The van der Waals surface area contributed by atoms with Gasteiger partial charge in [-0.15, -0.1) is 0 Å². The summed E-state index contributed by atoms with van der Waals surface area (Å²) in [5.41, 5.74) is 3.56. The first-order valence-electron chi connectivity index (χ1n) is 10.8. The Morgan fingerprint density at radius 3 is 2.38 bits per heavy atom. The highest BCUT2D eigenvalue weighted by Crippen LogP contribution is 2.25. The number of benzene rings is 2. The molecule has 166 valence electrons. The number of carbonyl (C=O) groups excluding carboxylic acids is 2. The zero-order valence-electron chi connectivity index (χ0n) is 18.5. The average Bonchev–Trinajstić information content (AvgIpc) is 3.47. The van der Waals surface area contributed by atoms with E-state index in [9.17, 15) is 14.0 Å². The molecule has 0 unspecified atom stereocenters. The molecule has 2 amide bonds. The summed E-state index contributed by atoms with van der Waals surface area (Å²) in [6.07, 6.45) is 3.67. The Morgan fingerprint density at radius 2 is 1.78 bits per heavy atom. The number of hydrogen-bond donors (Lipinski definition) is 1. The van der Waals surface area contributed by atoms with E-state index in [1.165, 1.54) is 12.1 Å². The zero-order chi connectivity index (χ0) is 22.8. The second-order valence-electron chi connectivity index (χ2n) is 8.59. The van der Waals surface area contributed by atoms with E-state index in [2.05, 4.69) is 10.4 Å². The summed E-state index contributed by atoms with van der Waals surface area (Å²) in [5.74, 6) is -0.478. The molecule has 7 heteroatoms. The van der Waals surface area contributed by atoms with Crippen LogP contribution in [0.25, 0.3) is 5.69 Å². The minimum Gasteiger partial charge on any atom is -0.349 e. The van der Waals surface area contributed by atoms with Crippen LogP contribution < -0.4 is 5.32 Å². The average molecular weight is 435 g/mol. The van der Waals surface area contributed by atoms with Crippen LogP contribution in [0.5, 0.6) is 0 Å². The normalized spacial score (nSPS) is 13.3. The SMILES string of the molecule is CC(C)c1c(C(=O)N(C)Cc2ccc(C(=O)NC3CC3)cc2)cnn1-c1ccc(F)cc1. The van der Waals surface area contributed by atoms with Crippen molar-refractivity contribution >= 4 is 11.8 Å². The van der Waals surface area contributed by atoms with Crippen molar-refractivity contribution in [3.63, 3.8) is 0 Å². The van der Waals surface area contributed by atoms with E-state index >= 15 is 0 Å². The number of aromatic nitrogens is 2. The highest BCUT2D eigenvalue weighted by atomic mass is 19.1. The second-order valence-corrected chi connectivity index (χ2v) is 8.59. The largest absolute Gasteiger partial charge is 0.349 e. The van der Waals surface area contributed by atoms with Crippen molar-refractivity contribution in [2.45, 2.75) is 45.2 Å². The lowest BCUT2D eigenvalue weighted by Gasteiger charge is -2.19. The molecule has 2 aromatic carbocycles. The van der Waals surface area contributed by atoms with E-state index in [-0.39, 0.29) is 23.5 Å². The summed E-state index contributed by atoms with van der Waals surface area (Å²) in [6.45, 7) is 4.40. The van der Waals surface area contributed by atoms with Crippen LogP contribution in [0.1, 0.15) is 64.6 Å². The van der Waals surface area contributed by atoms with Gasteiger partial charge in [-0.05, 0) is 60.7 Å². The van der Waals surface area contributed by atoms with Crippen molar-refractivity contribution in [3.8, 4) is 5.69 Å². The van der Waals surface area contributed by atoms with E-state index in [0.717, 1.165) is 24.1 Å². The molecule has 0 atom stereocenters. The quantitative estimate of drug-likeness (QED) is 0.603. The lowest BCUT2D eigenvalue weighted by Crippen LogP contribution is -2.27. The van der Waals surface area contributed by atoms with Gasteiger partial charge in [0.05, 0.1) is 23.1 Å². The van der Waals surface area contributed by atoms with Gasteiger partial charge in [0.1, 0.15) is 5.82 Å². The van der Waals surface area contributed by atoms with E-state index in [4.69, 9.17) is 0 Å². The maximum atomic E-state index is 13.3. The molecule has 32 heavy (non-hydrogen) atoms. The van der Waals surface area contributed by atoms with Gasteiger partial charge >= 0.3 is 0 Å². The molecule has 1 N–H and O–H groups in total. The molecule has 6 nitrogen and oxygen atoms in total. The van der Waals surface area contributed by atoms with E-state index in [1.54, 1.807) is 47.1 Å². The first-order valence-corrected chi connectivity index (χ1v) is 10.8. The van der Waals surface area contributed by atoms with Gasteiger partial charge in [-0.25, -0.2) is 9.07 Å². The van der Waals surface area contributed by atoms with Crippen LogP contribution in [0.3, 0.4) is 0 Å². The minimum absolute atomic E-state index is 0.0409. The van der Waals surface area contributed by atoms with Gasteiger partial charge in [0.2, 0.25) is 0 Å². The molecule has 1 aliphatic carbocycles. The standard InChI is InChI=1S/C25H27FN4O2/c1-16(2)23-22(14-27-30(23)21-12-8-19(26)9-13-21)25(32)29(3)15-17-4-6-18(7-5-17)24(31)28-20-10-11-20/h4-9,12-14,16,20H,10-11,15H2,1-3H3,(H,28,31). The fourth-order valence-electron chi connectivity index (χ4n) is 3.68. The third-order valence-electron chi connectivity index (χ3n) is 5.55. The number of carbonyl (C=O) groups is 2. The Kier molecular flexibility index (Phi) is 6.08. The van der Waals surface area contributed by atoms with Crippen LogP contribution in [-0.4, -0.2) is 39.6 Å². The lowest BCUT2D eigenvalue weighted by molar-refractivity contribution is 0.0783. The Bertz CT molecular complexity index is 1120. The molecular weight excluding hydrogens is 407 g/mol. The molecule has 0 aliphatic heterocycles. The number of amides is 2. The second kappa shape index (κ2) is 8.94. The molecule has 1 aromatic heterocycles. The highest BCUT2D eigenvalue weighted by Gasteiger charge is 2.25. The minimum atomic E-state index is -0.320. The van der Waals surface area contributed by atoms with Gasteiger partial charge in [0.25, 0.3) is 11.8 Å². The zero-order valence-corrected chi connectivity index (χ0v) is 18.5. The van der Waals surface area contributed by atoms with E-state index < -0.39 is 0 Å². The molecule has 0 saturated heterocycles. The van der Waals surface area contributed by atoms with Crippen molar-refractivity contribution in [1.29, 1.82) is 0 Å². The van der Waals surface area contributed by atoms with Gasteiger partial charge in [0.15, 0.2) is 0 Å². The van der Waals surface area contributed by atoms with Crippen LogP contribution in [0, 0.1) is 5.82 Å². The Balaban J connectivity index is 1.50. The fourth-order valence-corrected chi connectivity index (χ4v) is 3.68. The van der Waals surface area contributed by atoms with Gasteiger partial charge in [-0.3, -0.25) is 9.59 Å². The molecule has 1 heterocycles. The number of rotatable bonds is 7. The third kappa shape index (κ3) is 4.72. The molecular formula is C25H27FN4O2. The summed E-state index contributed by atoms with van der Waals surface area (Å²) in [6, 6.07) is 13.7. The topological polar surface area (TPSA) is 67.2 Å². The van der Waals surface area contributed by atoms with Crippen LogP contribution in [0.4, 0.5) is 4.39 Å². The van der Waals surface area contributed by atoms with Gasteiger partial charge in [-0.1, -0.05) is 26.0 Å². The van der Waals surface area contributed by atoms with Crippen molar-refractivity contribution < 1.29 is 14.0 Å². The van der Waals surface area contributed by atoms with Crippen molar-refractivity contribution in [2.75, 3.05) is 7.05 Å². The Labute approximate surface area is 187 Å². The summed E-state index contributed by atoms with van der Waals surface area (Å²) in [4.78, 5) is 27.0. The molecule has 0 spiro atoms. The van der Waals surface area contributed by atoms with Crippen molar-refractivity contribution in [1.82, 2.24) is 20.0 Å². The fraction of sp³-hybridized carbons (Fsp3) is 0.320. The van der Waals surface area contributed by atoms with E-state index in [0.29, 0.717) is 29.4 Å². The number of hydrogen-bond acceptors (Lipinski definition) is 3. The molecule has 0 bridgehead atoms. The van der Waals surface area contributed by atoms with Gasteiger partial charge < -0.3 is 10.2 Å². The summed E-state index contributed by atoms with van der Waals surface area (Å²) in [7, 11) is 1.75. The number of halogens is 1. The smallest absolute Gasteiger partial charge is 0.257 e. The predicted molar refractivity (Wildman–Crippen MR) is 120 cm³/mol. The van der Waals surface area contributed by atoms with Gasteiger partial charge in [0, 0.05) is 25.2 Å². The van der Waals surface area contributed by atoms with Gasteiger partial charge in [-0.2, -0.15) is 5.10 Å². The Hall–Kier alpha value is -3.48. The maximum Gasteiger partial charge on any atom is 0.257 e. The maximum absolute atomic E-state index is 13.3. The highest BCUT2D eigenvalue weighted by molar-refractivity contribution is 5.95. The lowest BCUT2D eigenvalue weighted by atomic mass is 10.0. The third-order valence-corrected chi connectivity index (χ3v) is 5.55. The van der Waals surface area contributed by atoms with E-state index in [1.807, 2.05) is 26.0 Å². The molecule has 4 rings (SSSR count). The predicted octanol–water partition coefficient (Wildman–Crippen LogP) is 4.30. The summed E-state index contributed by atoms with van der Waals surface area (Å²) >= 11 is 0. The number of nitrogens with one attached hydrogen (secondary N) is 1. The monoisotopic (exact) mass is 434 g/mol. The molecule has 3 aromatic rings. The molecule has 1 fully saturated rings. The first kappa shape index (κ1) is 21.7. The summed E-state index contributed by atoms with van der Waals surface area (Å²) < 4.78 is 15.0. The molecule has 1 aliphatic rings. The first-order chi connectivity index (χ1) is 15.3. The van der Waals surface area contributed by atoms with Crippen molar-refractivity contribution in [3.05, 3.63) is 82.9 Å². The van der Waals surface area contributed by atoms with Crippen LogP contribution in [0.15, 0.2) is 54.7 Å². The molecule has 0 radical (unpaired) electrons. The van der Waals surface area contributed by atoms with Crippen LogP contribution >= 0.6 is 0 Å². The van der Waals surface area contributed by atoms with Crippen LogP contribution in [0.2, 0.25) is 0 Å². The Morgan fingerprint density at radius 1 is 1.12 bits per heavy atom. The number of nitrogens with zero attached hydrogens (tertiary/aromatic N) is 3. The van der Waals surface area contributed by atoms with Crippen molar-refractivity contribution in [2.24, 2.45) is 0 Å². The molecule has 1 saturated carbocycles. The van der Waals surface area contributed by atoms with Crippen LogP contribution in [-0.2, 0) is 6.54 Å². The summed E-state index contributed by atoms with van der Waals surface area (Å²) in [5, 5.41) is 7.38.